The number of carbonyl (C=O) groups is 3. The summed E-state index contributed by atoms with van der Waals surface area (Å²) in [5, 5.41) is 27.4. The number of hydrogen-bond donors (Lipinski definition) is 6. The van der Waals surface area contributed by atoms with Gasteiger partial charge in [-0.1, -0.05) is 36.4 Å². The second kappa shape index (κ2) is 14.0. The van der Waals surface area contributed by atoms with Gasteiger partial charge in [0.2, 0.25) is 0 Å². The smallest absolute Gasteiger partial charge is 0.365 e. The number of esters is 1. The van der Waals surface area contributed by atoms with E-state index in [2.05, 4.69) is 21.8 Å². The number of nitrogens with zero attached hydrogens (tertiary/aromatic N) is 1. The highest BCUT2D eigenvalue weighted by Gasteiger charge is 2.50. The lowest BCUT2D eigenvalue weighted by atomic mass is 9.96. The van der Waals surface area contributed by atoms with Crippen molar-refractivity contribution in [3.8, 4) is 0 Å². The van der Waals surface area contributed by atoms with Crippen LogP contribution in [0.3, 0.4) is 0 Å². The molecule has 0 radical (unpaired) electrons. The number of unbranched alkanes of at least 4 members (excludes halogenated alkanes) is 1. The highest BCUT2D eigenvalue weighted by Crippen LogP contribution is 2.46. The number of para-hydroxylation sites is 2. The number of fused-ring (bicyclic) bond motifs is 10. The third-order valence-electron chi connectivity index (χ3n) is 9.26. The SMILES string of the molecule is CO[C@H]1[C@H](OC(=O)[C@@H]([NH3+])CCCC[NH3+])[C@@H](O)[C@H](n2c3ccccc3c3c4c(c5c6ccccc6[nH]c5c32)C(=O)NC4=O)O[C@@H]1CO.[Cl-].[Cl-]. The van der Waals surface area contributed by atoms with Gasteiger partial charge in [-0.2, -0.15) is 0 Å². The van der Waals surface area contributed by atoms with Crippen molar-refractivity contribution in [2.45, 2.75) is 55.9 Å². The Morgan fingerprint density at radius 3 is 2.35 bits per heavy atom. The number of halogens is 2. The van der Waals surface area contributed by atoms with E-state index in [0.717, 1.165) is 30.3 Å². The Morgan fingerprint density at radius 2 is 1.67 bits per heavy atom. The molecule has 2 aliphatic heterocycles. The number of aromatic amines is 1. The van der Waals surface area contributed by atoms with Gasteiger partial charge in [-0.3, -0.25) is 14.9 Å². The summed E-state index contributed by atoms with van der Waals surface area (Å²) in [6.07, 6.45) is -3.77. The first-order valence-corrected chi connectivity index (χ1v) is 15.4. The van der Waals surface area contributed by atoms with Crippen LogP contribution in [0.15, 0.2) is 48.5 Å². The number of methoxy groups -OCH3 is 1. The van der Waals surface area contributed by atoms with Crippen molar-refractivity contribution in [2.24, 2.45) is 0 Å². The van der Waals surface area contributed by atoms with Gasteiger partial charge in [-0.05, 0) is 25.0 Å². The number of nitrogens with one attached hydrogen (secondary N) is 2. The largest absolute Gasteiger partial charge is 1.00 e. The van der Waals surface area contributed by atoms with Crippen molar-refractivity contribution in [1.82, 2.24) is 14.9 Å². The monoisotopic (exact) mass is 701 g/mol. The summed E-state index contributed by atoms with van der Waals surface area (Å²) in [6.45, 7) is 0.256. The van der Waals surface area contributed by atoms with Crippen LogP contribution in [0.4, 0.5) is 0 Å². The van der Waals surface area contributed by atoms with Gasteiger partial charge in [-0.25, -0.2) is 4.79 Å². The average molecular weight is 703 g/mol. The first-order chi connectivity index (χ1) is 22.3. The van der Waals surface area contributed by atoms with Crippen LogP contribution in [0.2, 0.25) is 0 Å². The van der Waals surface area contributed by atoms with Crippen LogP contribution in [0.5, 0.6) is 0 Å². The van der Waals surface area contributed by atoms with Gasteiger partial charge >= 0.3 is 5.97 Å². The minimum absolute atomic E-state index is 0. The number of aliphatic hydroxyl groups excluding tert-OH is 2. The van der Waals surface area contributed by atoms with Crippen molar-refractivity contribution in [3.63, 3.8) is 0 Å². The van der Waals surface area contributed by atoms with E-state index in [1.54, 1.807) is 4.57 Å². The molecule has 6 atom stereocenters. The summed E-state index contributed by atoms with van der Waals surface area (Å²) >= 11 is 0. The summed E-state index contributed by atoms with van der Waals surface area (Å²) in [6, 6.07) is 14.1. The van der Waals surface area contributed by atoms with Gasteiger partial charge in [0, 0.05) is 40.6 Å². The molecule has 7 rings (SSSR count). The maximum Gasteiger partial charge on any atom is 0.365 e. The van der Waals surface area contributed by atoms with Crippen molar-refractivity contribution in [2.75, 3.05) is 20.3 Å². The molecule has 0 bridgehead atoms. The molecule has 5 aromatic rings. The molecular weight excluding hydrogens is 665 g/mol. The fourth-order valence-corrected chi connectivity index (χ4v) is 7.14. The van der Waals surface area contributed by atoms with Crippen LogP contribution in [0, 0.1) is 0 Å². The minimum Gasteiger partial charge on any atom is -1.00 e. The number of imide groups is 1. The van der Waals surface area contributed by atoms with Gasteiger partial charge in [0.1, 0.15) is 18.3 Å². The summed E-state index contributed by atoms with van der Waals surface area (Å²) in [7, 11) is 1.40. The molecule has 15 heteroatoms. The molecule has 0 saturated carbocycles. The maximum atomic E-state index is 13.4. The second-order valence-electron chi connectivity index (χ2n) is 12.0. The molecule has 2 aromatic heterocycles. The number of H-pyrrole nitrogens is 1. The fraction of sp³-hybridized carbons (Fsp3) is 0.364. The third-order valence-corrected chi connectivity index (χ3v) is 9.26. The summed E-state index contributed by atoms with van der Waals surface area (Å²) in [4.78, 5) is 43.4. The molecule has 0 spiro atoms. The predicted octanol–water partition coefficient (Wildman–Crippen LogP) is -5.48. The quantitative estimate of drug-likeness (QED) is 0.0495. The number of hydrogen-bond acceptors (Lipinski definition) is 8. The molecule has 0 aliphatic carbocycles. The molecule has 48 heavy (non-hydrogen) atoms. The zero-order valence-electron chi connectivity index (χ0n) is 26.1. The molecule has 3 aromatic carbocycles. The highest BCUT2D eigenvalue weighted by atomic mass is 35.5. The van der Waals surface area contributed by atoms with E-state index in [1.165, 1.54) is 7.11 Å². The van der Waals surface area contributed by atoms with Crippen LogP contribution in [0.25, 0.3) is 43.6 Å². The molecule has 256 valence electrons. The van der Waals surface area contributed by atoms with Crippen LogP contribution in [0.1, 0.15) is 46.2 Å². The number of aliphatic hydroxyl groups is 2. The van der Waals surface area contributed by atoms with Crippen LogP contribution in [-0.4, -0.2) is 88.3 Å². The van der Waals surface area contributed by atoms with E-state index in [-0.39, 0.29) is 35.9 Å². The summed E-state index contributed by atoms with van der Waals surface area (Å²) in [5.74, 6) is -1.61. The lowest BCUT2D eigenvalue weighted by Gasteiger charge is -2.44. The maximum absolute atomic E-state index is 13.4. The number of ether oxygens (including phenoxy) is 3. The topological polar surface area (TPSA) is 207 Å². The van der Waals surface area contributed by atoms with E-state index < -0.39 is 61.1 Å². The van der Waals surface area contributed by atoms with E-state index in [0.29, 0.717) is 39.1 Å². The van der Waals surface area contributed by atoms with Gasteiger partial charge in [0.25, 0.3) is 11.8 Å². The van der Waals surface area contributed by atoms with Gasteiger partial charge < -0.3 is 70.3 Å². The number of benzene rings is 3. The molecule has 4 heterocycles. The lowest BCUT2D eigenvalue weighted by molar-refractivity contribution is -0.412. The molecular formula is C33H37Cl2N5O8. The summed E-state index contributed by atoms with van der Waals surface area (Å²) < 4.78 is 19.7. The Kier molecular flexibility index (Phi) is 10.3. The normalized spacial score (nSPS) is 22.8. The zero-order chi connectivity index (χ0) is 32.3. The van der Waals surface area contributed by atoms with E-state index >= 15 is 0 Å². The molecule has 0 unspecified atom stereocenters. The molecule has 13 nitrogen and oxygen atoms in total. The average Bonchev–Trinajstić information content (AvgIpc) is 3.70. The Labute approximate surface area is 286 Å². The van der Waals surface area contributed by atoms with Crippen LogP contribution < -0.4 is 41.6 Å². The first kappa shape index (κ1) is 35.5. The fourth-order valence-electron chi connectivity index (χ4n) is 7.14. The number of aromatic nitrogens is 2. The third kappa shape index (κ3) is 5.40. The predicted molar refractivity (Wildman–Crippen MR) is 167 cm³/mol. The van der Waals surface area contributed by atoms with Crippen molar-refractivity contribution >= 4 is 61.4 Å². The van der Waals surface area contributed by atoms with Gasteiger partial charge in [0.05, 0.1) is 40.8 Å². The Hall–Kier alpha value is -3.79. The molecule has 2 amide bonds. The molecule has 1 fully saturated rings. The second-order valence-corrected chi connectivity index (χ2v) is 12.0. The molecule has 2 aliphatic rings. The lowest BCUT2D eigenvalue weighted by Crippen LogP contribution is -3.00. The first-order valence-electron chi connectivity index (χ1n) is 15.4. The van der Waals surface area contributed by atoms with E-state index in [9.17, 15) is 24.6 Å². The van der Waals surface area contributed by atoms with E-state index in [4.69, 9.17) is 14.2 Å². The number of carbonyl (C=O) groups excluding carboxylic acids is 3. The Morgan fingerprint density at radius 1 is 1.00 bits per heavy atom. The molecule has 1 saturated heterocycles. The number of amides is 2. The standard InChI is InChI=1S/C33H35N5O8.2ClH/c1-44-28-20(14-39)45-32(27(40)29(28)46-33(43)17(35)10-6-7-13-34)38-19-12-5-3-9-16(19)22-24-23(30(41)37-31(24)42)21-15-8-2-4-11-18(15)36-25(21)26(22)38;;/h2-5,8-9,11-12,17,20,27-29,32,36,39-40H,6-7,10,13-14,34-35H2,1H3,(H,37,41,42);2*1H/t17-,20+,27+,28+,29+,32+;;/m0../s1. The van der Waals surface area contributed by atoms with Gasteiger partial charge in [0.15, 0.2) is 18.4 Å². The van der Waals surface area contributed by atoms with Crippen molar-refractivity contribution < 1.29 is 75.1 Å². The zero-order valence-corrected chi connectivity index (χ0v) is 27.6. The Balaban J connectivity index is 0.00000225. The summed E-state index contributed by atoms with van der Waals surface area (Å²) in [5.41, 5.74) is 10.7. The highest BCUT2D eigenvalue weighted by molar-refractivity contribution is 6.39. The molecule has 10 N–H and O–H groups in total. The van der Waals surface area contributed by atoms with Gasteiger partial charge in [-0.15, -0.1) is 0 Å². The van der Waals surface area contributed by atoms with Crippen molar-refractivity contribution in [1.29, 1.82) is 0 Å². The Bertz CT molecular complexity index is 2030. The van der Waals surface area contributed by atoms with Crippen LogP contribution >= 0.6 is 0 Å². The van der Waals surface area contributed by atoms with Crippen LogP contribution in [-0.2, 0) is 19.0 Å². The number of rotatable bonds is 9. The van der Waals surface area contributed by atoms with E-state index in [1.807, 2.05) is 48.5 Å². The minimum atomic E-state index is -1.47. The van der Waals surface area contributed by atoms with Crippen molar-refractivity contribution in [3.05, 3.63) is 59.7 Å². The number of quaternary nitrogens is 2.